The van der Waals surface area contributed by atoms with E-state index in [9.17, 15) is 4.79 Å². The van der Waals surface area contributed by atoms with Gasteiger partial charge in [0.1, 0.15) is 0 Å². The molecule has 28 heavy (non-hydrogen) atoms. The standard InChI is InChI=1S/C18H21N7O2S/c1-11(26)22-18-20-8-12(9-21-18)16-23-14-7-13(10-19-2)28-15(14)17(24-16)25-3-5-27-6-4-25/h7-9,19H,3-6,10H2,1-2H3,(H,20,21,22,26). The second-order valence-electron chi connectivity index (χ2n) is 6.40. The van der Waals surface area contributed by atoms with Crippen molar-refractivity contribution in [2.24, 2.45) is 0 Å². The van der Waals surface area contributed by atoms with Crippen molar-refractivity contribution >= 4 is 39.2 Å². The Morgan fingerprint density at radius 2 is 2.00 bits per heavy atom. The van der Waals surface area contributed by atoms with Crippen LogP contribution in [0.3, 0.4) is 0 Å². The third kappa shape index (κ3) is 3.93. The fraction of sp³-hybridized carbons (Fsp3) is 0.389. The molecule has 1 aliphatic heterocycles. The topological polar surface area (TPSA) is 105 Å². The molecule has 4 heterocycles. The summed E-state index contributed by atoms with van der Waals surface area (Å²) >= 11 is 1.71. The van der Waals surface area contributed by atoms with Crippen LogP contribution in [0.15, 0.2) is 18.5 Å². The molecule has 0 spiro atoms. The van der Waals surface area contributed by atoms with Gasteiger partial charge in [-0.25, -0.2) is 19.9 Å². The highest BCUT2D eigenvalue weighted by Crippen LogP contribution is 2.34. The summed E-state index contributed by atoms with van der Waals surface area (Å²) in [5.41, 5.74) is 1.61. The number of aromatic nitrogens is 4. The second-order valence-corrected chi connectivity index (χ2v) is 7.54. The van der Waals surface area contributed by atoms with E-state index in [4.69, 9.17) is 14.7 Å². The van der Waals surface area contributed by atoms with Crippen LogP contribution < -0.4 is 15.5 Å². The molecule has 0 atom stereocenters. The molecular weight excluding hydrogens is 378 g/mol. The molecule has 1 saturated heterocycles. The molecule has 4 rings (SSSR count). The molecule has 10 heteroatoms. The van der Waals surface area contributed by atoms with E-state index in [2.05, 4.69) is 31.6 Å². The quantitative estimate of drug-likeness (QED) is 0.667. The lowest BCUT2D eigenvalue weighted by atomic mass is 10.3. The van der Waals surface area contributed by atoms with E-state index in [1.165, 1.54) is 11.8 Å². The second kappa shape index (κ2) is 8.13. The van der Waals surface area contributed by atoms with Crippen LogP contribution in [-0.2, 0) is 16.1 Å². The van der Waals surface area contributed by atoms with Crippen LogP contribution in [-0.4, -0.2) is 59.2 Å². The predicted octanol–water partition coefficient (Wildman–Crippen LogP) is 1.66. The zero-order chi connectivity index (χ0) is 19.5. The van der Waals surface area contributed by atoms with Gasteiger partial charge < -0.3 is 15.0 Å². The van der Waals surface area contributed by atoms with E-state index in [0.717, 1.165) is 35.7 Å². The van der Waals surface area contributed by atoms with Gasteiger partial charge in [-0.15, -0.1) is 11.3 Å². The van der Waals surface area contributed by atoms with Gasteiger partial charge in [-0.2, -0.15) is 0 Å². The molecule has 2 N–H and O–H groups in total. The Labute approximate surface area is 166 Å². The first kappa shape index (κ1) is 18.7. The van der Waals surface area contributed by atoms with Gasteiger partial charge in [0.2, 0.25) is 11.9 Å². The molecule has 3 aromatic rings. The monoisotopic (exact) mass is 399 g/mol. The number of amides is 1. The van der Waals surface area contributed by atoms with Crippen LogP contribution in [0.1, 0.15) is 11.8 Å². The van der Waals surface area contributed by atoms with Crippen molar-refractivity contribution in [2.75, 3.05) is 43.6 Å². The highest BCUT2D eigenvalue weighted by molar-refractivity contribution is 7.19. The van der Waals surface area contributed by atoms with Gasteiger partial charge in [-0.3, -0.25) is 10.1 Å². The highest BCUT2D eigenvalue weighted by Gasteiger charge is 2.20. The lowest BCUT2D eigenvalue weighted by Crippen LogP contribution is -2.36. The Morgan fingerprint density at radius 3 is 2.68 bits per heavy atom. The van der Waals surface area contributed by atoms with Crippen LogP contribution in [0.2, 0.25) is 0 Å². The fourth-order valence-corrected chi connectivity index (χ4v) is 4.13. The molecule has 1 fully saturated rings. The number of hydrogen-bond acceptors (Lipinski definition) is 9. The summed E-state index contributed by atoms with van der Waals surface area (Å²) in [4.78, 5) is 32.6. The number of carbonyl (C=O) groups is 1. The normalized spacial score (nSPS) is 14.4. The zero-order valence-corrected chi connectivity index (χ0v) is 16.5. The van der Waals surface area contributed by atoms with E-state index in [1.54, 1.807) is 23.7 Å². The summed E-state index contributed by atoms with van der Waals surface area (Å²) in [5.74, 6) is 1.53. The lowest BCUT2D eigenvalue weighted by Gasteiger charge is -2.28. The Bertz CT molecular complexity index is 984. The van der Waals surface area contributed by atoms with Gasteiger partial charge >= 0.3 is 0 Å². The largest absolute Gasteiger partial charge is 0.378 e. The Hall–Kier alpha value is -2.69. The minimum absolute atomic E-state index is 0.213. The molecule has 0 aliphatic carbocycles. The van der Waals surface area contributed by atoms with Gasteiger partial charge in [-0.1, -0.05) is 0 Å². The molecular formula is C18H21N7O2S. The maximum Gasteiger partial charge on any atom is 0.229 e. The first-order valence-corrected chi connectivity index (χ1v) is 9.83. The molecule has 0 bridgehead atoms. The van der Waals surface area contributed by atoms with Crippen LogP contribution in [0, 0.1) is 0 Å². The van der Waals surface area contributed by atoms with Crippen LogP contribution in [0.5, 0.6) is 0 Å². The maximum atomic E-state index is 11.2. The maximum absolute atomic E-state index is 11.2. The minimum atomic E-state index is -0.213. The van der Waals surface area contributed by atoms with Gasteiger partial charge in [0, 0.05) is 43.8 Å². The van der Waals surface area contributed by atoms with Gasteiger partial charge in [0.25, 0.3) is 0 Å². The SMILES string of the molecule is CNCc1cc2nc(-c3cnc(NC(C)=O)nc3)nc(N3CCOCC3)c2s1. The zero-order valence-electron chi connectivity index (χ0n) is 15.7. The minimum Gasteiger partial charge on any atom is -0.378 e. The van der Waals surface area contributed by atoms with Crippen LogP contribution in [0.4, 0.5) is 11.8 Å². The summed E-state index contributed by atoms with van der Waals surface area (Å²) in [6, 6.07) is 2.10. The molecule has 3 aromatic heterocycles. The Kier molecular flexibility index (Phi) is 5.42. The summed E-state index contributed by atoms with van der Waals surface area (Å²) in [5, 5.41) is 5.75. The molecule has 0 aromatic carbocycles. The number of hydrogen-bond donors (Lipinski definition) is 2. The van der Waals surface area contributed by atoms with E-state index in [-0.39, 0.29) is 11.9 Å². The molecule has 0 unspecified atom stereocenters. The number of anilines is 2. The summed E-state index contributed by atoms with van der Waals surface area (Å²) in [6.07, 6.45) is 3.26. The molecule has 1 amide bonds. The van der Waals surface area contributed by atoms with Crippen molar-refractivity contribution in [2.45, 2.75) is 13.5 Å². The summed E-state index contributed by atoms with van der Waals surface area (Å²) < 4.78 is 6.57. The Balaban J connectivity index is 1.76. The van der Waals surface area contributed by atoms with E-state index < -0.39 is 0 Å². The number of rotatable bonds is 5. The average Bonchev–Trinajstić information content (AvgIpc) is 3.11. The molecule has 146 valence electrons. The lowest BCUT2D eigenvalue weighted by molar-refractivity contribution is -0.114. The fourth-order valence-electron chi connectivity index (χ4n) is 3.01. The number of nitrogens with one attached hydrogen (secondary N) is 2. The van der Waals surface area contributed by atoms with Crippen molar-refractivity contribution in [3.8, 4) is 11.4 Å². The third-order valence-corrected chi connectivity index (χ3v) is 5.38. The first-order chi connectivity index (χ1) is 13.6. The number of carbonyl (C=O) groups excluding carboxylic acids is 1. The van der Waals surface area contributed by atoms with Crippen molar-refractivity contribution in [3.05, 3.63) is 23.3 Å². The number of nitrogens with zero attached hydrogens (tertiary/aromatic N) is 5. The van der Waals surface area contributed by atoms with Crippen molar-refractivity contribution in [3.63, 3.8) is 0 Å². The van der Waals surface area contributed by atoms with Crippen LogP contribution in [0.25, 0.3) is 21.6 Å². The van der Waals surface area contributed by atoms with Gasteiger partial charge in [0.15, 0.2) is 11.6 Å². The van der Waals surface area contributed by atoms with Crippen molar-refractivity contribution in [1.82, 2.24) is 25.3 Å². The van der Waals surface area contributed by atoms with E-state index in [0.29, 0.717) is 24.6 Å². The molecule has 0 radical (unpaired) electrons. The number of thiophene rings is 1. The number of ether oxygens (including phenoxy) is 1. The molecule has 1 aliphatic rings. The van der Waals surface area contributed by atoms with Gasteiger partial charge in [0.05, 0.1) is 29.0 Å². The summed E-state index contributed by atoms with van der Waals surface area (Å²) in [6.45, 7) is 5.16. The van der Waals surface area contributed by atoms with Crippen LogP contribution >= 0.6 is 11.3 Å². The first-order valence-electron chi connectivity index (χ1n) is 9.02. The van der Waals surface area contributed by atoms with E-state index >= 15 is 0 Å². The van der Waals surface area contributed by atoms with E-state index in [1.807, 2.05) is 7.05 Å². The third-order valence-electron chi connectivity index (χ3n) is 4.26. The van der Waals surface area contributed by atoms with Crippen molar-refractivity contribution < 1.29 is 9.53 Å². The molecule has 9 nitrogen and oxygen atoms in total. The summed E-state index contributed by atoms with van der Waals surface area (Å²) in [7, 11) is 1.93. The molecule has 0 saturated carbocycles. The highest BCUT2D eigenvalue weighted by atomic mass is 32.1. The van der Waals surface area contributed by atoms with Gasteiger partial charge in [-0.05, 0) is 13.1 Å². The average molecular weight is 399 g/mol. The Morgan fingerprint density at radius 1 is 1.25 bits per heavy atom. The number of fused-ring (bicyclic) bond motifs is 1. The smallest absolute Gasteiger partial charge is 0.229 e. The number of morpholine rings is 1. The van der Waals surface area contributed by atoms with Crippen molar-refractivity contribution in [1.29, 1.82) is 0 Å². The predicted molar refractivity (Wildman–Crippen MR) is 109 cm³/mol.